The first kappa shape index (κ1) is 11.6. The molecule has 88 valence electrons. The van der Waals surface area contributed by atoms with Gasteiger partial charge in [-0.05, 0) is 12.1 Å². The summed E-state index contributed by atoms with van der Waals surface area (Å²) in [7, 11) is 1.83. The molecule has 2 aromatic rings. The Morgan fingerprint density at radius 2 is 2.29 bits per heavy atom. The van der Waals surface area contributed by atoms with Crippen molar-refractivity contribution in [1.82, 2.24) is 20.1 Å². The van der Waals surface area contributed by atoms with E-state index in [0.717, 1.165) is 5.56 Å². The third-order valence-corrected chi connectivity index (χ3v) is 2.42. The quantitative estimate of drug-likeness (QED) is 0.838. The number of aryl methyl sites for hydroxylation is 1. The predicted octanol–water partition coefficient (Wildman–Crippen LogP) is 1.40. The molecular formula is C11H11ClN4O. The average molecular weight is 251 g/mol. The summed E-state index contributed by atoms with van der Waals surface area (Å²) in [5, 5.41) is 7.16. The van der Waals surface area contributed by atoms with Gasteiger partial charge in [0, 0.05) is 31.5 Å². The van der Waals surface area contributed by atoms with Crippen molar-refractivity contribution in [1.29, 1.82) is 0 Å². The summed E-state index contributed by atoms with van der Waals surface area (Å²) in [6.07, 6.45) is 5.00. The first-order chi connectivity index (χ1) is 8.15. The zero-order valence-corrected chi connectivity index (χ0v) is 9.98. The Morgan fingerprint density at radius 1 is 1.47 bits per heavy atom. The Kier molecular flexibility index (Phi) is 3.39. The summed E-state index contributed by atoms with van der Waals surface area (Å²) in [5.41, 5.74) is 1.43. The molecule has 0 aliphatic rings. The van der Waals surface area contributed by atoms with E-state index in [1.165, 1.54) is 6.20 Å². The van der Waals surface area contributed by atoms with Gasteiger partial charge in [0.2, 0.25) is 0 Å². The molecule has 0 saturated carbocycles. The van der Waals surface area contributed by atoms with Gasteiger partial charge in [0.05, 0.1) is 11.8 Å². The first-order valence-corrected chi connectivity index (χ1v) is 5.40. The van der Waals surface area contributed by atoms with Gasteiger partial charge >= 0.3 is 0 Å². The van der Waals surface area contributed by atoms with Crippen molar-refractivity contribution >= 4 is 17.5 Å². The highest BCUT2D eigenvalue weighted by Crippen LogP contribution is 2.05. The van der Waals surface area contributed by atoms with Gasteiger partial charge in [-0.25, -0.2) is 4.98 Å². The van der Waals surface area contributed by atoms with Crippen molar-refractivity contribution in [3.05, 3.63) is 47.0 Å². The number of amides is 1. The summed E-state index contributed by atoms with van der Waals surface area (Å²) in [6, 6.07) is 3.22. The predicted molar refractivity (Wildman–Crippen MR) is 63.6 cm³/mol. The average Bonchev–Trinajstić information content (AvgIpc) is 2.73. The molecule has 0 saturated heterocycles. The summed E-state index contributed by atoms with van der Waals surface area (Å²) in [6.45, 7) is 0.440. The van der Waals surface area contributed by atoms with E-state index >= 15 is 0 Å². The molecular weight excluding hydrogens is 240 g/mol. The van der Waals surface area contributed by atoms with E-state index in [-0.39, 0.29) is 5.91 Å². The molecule has 0 aliphatic carbocycles. The van der Waals surface area contributed by atoms with Gasteiger partial charge in [-0.15, -0.1) is 0 Å². The molecule has 0 bridgehead atoms. The Labute approximate surface area is 103 Å². The van der Waals surface area contributed by atoms with Gasteiger partial charge < -0.3 is 5.32 Å². The van der Waals surface area contributed by atoms with Crippen molar-refractivity contribution < 1.29 is 4.79 Å². The van der Waals surface area contributed by atoms with E-state index < -0.39 is 0 Å². The lowest BCUT2D eigenvalue weighted by molar-refractivity contribution is 0.0950. The van der Waals surface area contributed by atoms with Crippen molar-refractivity contribution in [3.8, 4) is 0 Å². The Hall–Kier alpha value is -1.88. The summed E-state index contributed by atoms with van der Waals surface area (Å²) >= 11 is 5.64. The number of hydrogen-bond acceptors (Lipinski definition) is 3. The smallest absolute Gasteiger partial charge is 0.253 e. The van der Waals surface area contributed by atoms with E-state index in [1.807, 2.05) is 13.2 Å². The topological polar surface area (TPSA) is 59.8 Å². The lowest BCUT2D eigenvalue weighted by Gasteiger charge is -2.02. The molecule has 2 aromatic heterocycles. The van der Waals surface area contributed by atoms with E-state index in [0.29, 0.717) is 17.3 Å². The molecule has 0 radical (unpaired) electrons. The van der Waals surface area contributed by atoms with Crippen LogP contribution in [-0.2, 0) is 13.6 Å². The molecule has 0 atom stereocenters. The van der Waals surface area contributed by atoms with Crippen LogP contribution < -0.4 is 5.32 Å². The fraction of sp³-hybridized carbons (Fsp3) is 0.182. The van der Waals surface area contributed by atoms with Crippen LogP contribution in [0.4, 0.5) is 0 Å². The number of aromatic nitrogens is 3. The van der Waals surface area contributed by atoms with Crippen LogP contribution in [0.3, 0.4) is 0 Å². The lowest BCUT2D eigenvalue weighted by Crippen LogP contribution is -2.22. The van der Waals surface area contributed by atoms with Crippen LogP contribution in [0.15, 0.2) is 30.7 Å². The SMILES string of the molecule is Cn1cc(CNC(=O)c2ccc(Cl)nc2)cn1. The minimum absolute atomic E-state index is 0.182. The molecule has 0 unspecified atom stereocenters. The van der Waals surface area contributed by atoms with Gasteiger partial charge in [-0.3, -0.25) is 9.48 Å². The Bertz CT molecular complexity index is 521. The van der Waals surface area contributed by atoms with Crippen molar-refractivity contribution in [2.45, 2.75) is 6.54 Å². The molecule has 5 nitrogen and oxygen atoms in total. The number of nitrogens with zero attached hydrogens (tertiary/aromatic N) is 3. The van der Waals surface area contributed by atoms with E-state index in [2.05, 4.69) is 15.4 Å². The molecule has 0 spiro atoms. The molecule has 0 aromatic carbocycles. The monoisotopic (exact) mass is 250 g/mol. The summed E-state index contributed by atoms with van der Waals surface area (Å²) in [5.74, 6) is -0.182. The van der Waals surface area contributed by atoms with Crippen molar-refractivity contribution in [2.75, 3.05) is 0 Å². The lowest BCUT2D eigenvalue weighted by atomic mass is 10.2. The standard InChI is InChI=1S/C11H11ClN4O/c1-16-7-8(5-15-16)4-14-11(17)9-2-3-10(12)13-6-9/h2-3,5-7H,4H2,1H3,(H,14,17). The molecule has 17 heavy (non-hydrogen) atoms. The van der Waals surface area contributed by atoms with Crippen molar-refractivity contribution in [3.63, 3.8) is 0 Å². The second-order valence-corrected chi connectivity index (χ2v) is 3.96. The van der Waals surface area contributed by atoms with Crippen LogP contribution in [-0.4, -0.2) is 20.7 Å². The van der Waals surface area contributed by atoms with Crippen LogP contribution in [0, 0.1) is 0 Å². The number of nitrogens with one attached hydrogen (secondary N) is 1. The maximum Gasteiger partial charge on any atom is 0.253 e. The molecule has 1 amide bonds. The largest absolute Gasteiger partial charge is 0.348 e. The number of pyridine rings is 1. The second-order valence-electron chi connectivity index (χ2n) is 3.57. The molecule has 2 rings (SSSR count). The van der Waals surface area contributed by atoms with Crippen LogP contribution in [0.2, 0.25) is 5.15 Å². The molecule has 1 N–H and O–H groups in total. The van der Waals surface area contributed by atoms with Gasteiger partial charge in [-0.2, -0.15) is 5.10 Å². The maximum atomic E-state index is 11.7. The minimum Gasteiger partial charge on any atom is -0.348 e. The Balaban J connectivity index is 1.95. The number of hydrogen-bond donors (Lipinski definition) is 1. The number of rotatable bonds is 3. The summed E-state index contributed by atoms with van der Waals surface area (Å²) < 4.78 is 1.69. The second kappa shape index (κ2) is 4.97. The zero-order chi connectivity index (χ0) is 12.3. The highest BCUT2D eigenvalue weighted by atomic mass is 35.5. The van der Waals surface area contributed by atoms with E-state index in [4.69, 9.17) is 11.6 Å². The van der Waals surface area contributed by atoms with E-state index in [1.54, 1.807) is 23.0 Å². The third-order valence-electron chi connectivity index (χ3n) is 2.20. The number of carbonyl (C=O) groups is 1. The fourth-order valence-corrected chi connectivity index (χ4v) is 1.47. The van der Waals surface area contributed by atoms with Crippen LogP contribution >= 0.6 is 11.6 Å². The summed E-state index contributed by atoms with van der Waals surface area (Å²) in [4.78, 5) is 15.6. The number of carbonyl (C=O) groups excluding carboxylic acids is 1. The molecule has 6 heteroatoms. The molecule has 0 aliphatic heterocycles. The van der Waals surface area contributed by atoms with Crippen LogP contribution in [0.25, 0.3) is 0 Å². The highest BCUT2D eigenvalue weighted by molar-refractivity contribution is 6.29. The highest BCUT2D eigenvalue weighted by Gasteiger charge is 2.06. The van der Waals surface area contributed by atoms with Gasteiger partial charge in [0.15, 0.2) is 0 Å². The molecule has 2 heterocycles. The van der Waals surface area contributed by atoms with Gasteiger partial charge in [0.1, 0.15) is 5.15 Å². The zero-order valence-electron chi connectivity index (χ0n) is 9.22. The van der Waals surface area contributed by atoms with Crippen LogP contribution in [0.5, 0.6) is 0 Å². The van der Waals surface area contributed by atoms with Gasteiger partial charge in [0.25, 0.3) is 5.91 Å². The van der Waals surface area contributed by atoms with Gasteiger partial charge in [-0.1, -0.05) is 11.6 Å². The normalized spacial score (nSPS) is 10.2. The maximum absolute atomic E-state index is 11.7. The molecule has 0 fully saturated rings. The van der Waals surface area contributed by atoms with E-state index in [9.17, 15) is 4.79 Å². The van der Waals surface area contributed by atoms with Crippen LogP contribution in [0.1, 0.15) is 15.9 Å². The fourth-order valence-electron chi connectivity index (χ4n) is 1.36. The first-order valence-electron chi connectivity index (χ1n) is 5.02. The Morgan fingerprint density at radius 3 is 2.88 bits per heavy atom. The van der Waals surface area contributed by atoms with Crippen molar-refractivity contribution in [2.24, 2.45) is 7.05 Å². The number of halogens is 1. The minimum atomic E-state index is -0.182. The third kappa shape index (κ3) is 3.04.